The van der Waals surface area contributed by atoms with Crippen molar-refractivity contribution >= 4 is 36.0 Å². The van der Waals surface area contributed by atoms with Gasteiger partial charge in [-0.25, -0.2) is 0 Å². The lowest BCUT2D eigenvalue weighted by Crippen LogP contribution is -2.28. The van der Waals surface area contributed by atoms with Gasteiger partial charge in [-0.05, 0) is 106 Å². The lowest BCUT2D eigenvalue weighted by Gasteiger charge is -2.34. The molecule has 8 aromatic rings. The number of benzene rings is 8. The molecule has 0 aromatic heterocycles. The van der Waals surface area contributed by atoms with E-state index in [-0.39, 0.29) is 0 Å². The Morgan fingerprint density at radius 3 is 0.891 bits per heavy atom. The number of rotatable bonds is 10. The van der Waals surface area contributed by atoms with Crippen LogP contribution in [0.25, 0.3) is 11.1 Å². The standard InChI is InChI=1S/C49H36O4P2/c50-54(41-17-5-1-6-18-41,42-19-7-2-8-20-42)52-39-33-29-37(30-34-39)49(47-27-15-13-25-45(47)46-26-14-16-28-48(46)49)38-31-35-40(36-32-38)53-55(51,43-21-9-3-10-22-43)44-23-11-4-12-24-44/h1-36H. The molecule has 0 radical (unpaired) electrons. The van der Waals surface area contributed by atoms with Gasteiger partial charge in [-0.2, -0.15) is 0 Å². The van der Waals surface area contributed by atoms with Crippen LogP contribution in [0.3, 0.4) is 0 Å². The molecule has 0 saturated carbocycles. The Hall–Kier alpha value is -6.18. The summed E-state index contributed by atoms with van der Waals surface area (Å²) >= 11 is 0. The van der Waals surface area contributed by atoms with Crippen LogP contribution in [0.1, 0.15) is 22.3 Å². The van der Waals surface area contributed by atoms with Gasteiger partial charge in [0, 0.05) is 0 Å². The van der Waals surface area contributed by atoms with Crippen LogP contribution < -0.4 is 30.3 Å². The van der Waals surface area contributed by atoms with Gasteiger partial charge in [0.2, 0.25) is 0 Å². The molecule has 0 N–H and O–H groups in total. The minimum atomic E-state index is -3.47. The Balaban J connectivity index is 1.15. The highest BCUT2D eigenvalue weighted by Gasteiger charge is 2.46. The Morgan fingerprint density at radius 2 is 0.582 bits per heavy atom. The van der Waals surface area contributed by atoms with Gasteiger partial charge in [0.1, 0.15) is 11.5 Å². The van der Waals surface area contributed by atoms with E-state index >= 15 is 0 Å². The fraction of sp³-hybridized carbons (Fsp3) is 0.0204. The van der Waals surface area contributed by atoms with Crippen molar-refractivity contribution in [1.29, 1.82) is 0 Å². The van der Waals surface area contributed by atoms with Crippen molar-refractivity contribution in [1.82, 2.24) is 0 Å². The van der Waals surface area contributed by atoms with Crippen molar-refractivity contribution in [3.63, 3.8) is 0 Å². The van der Waals surface area contributed by atoms with E-state index in [1.54, 1.807) is 0 Å². The molecular formula is C49H36O4P2. The zero-order chi connectivity index (χ0) is 37.3. The van der Waals surface area contributed by atoms with E-state index in [9.17, 15) is 9.13 Å². The minimum absolute atomic E-state index is 0.510. The first-order chi connectivity index (χ1) is 27.0. The van der Waals surface area contributed by atoms with Crippen LogP contribution >= 0.6 is 14.7 Å². The normalized spacial score (nSPS) is 13.0. The minimum Gasteiger partial charge on any atom is -0.437 e. The molecular weight excluding hydrogens is 714 g/mol. The Labute approximate surface area is 321 Å². The number of hydrogen-bond acceptors (Lipinski definition) is 4. The quantitative estimate of drug-likeness (QED) is 0.131. The van der Waals surface area contributed by atoms with E-state index in [2.05, 4.69) is 72.8 Å². The molecule has 0 saturated heterocycles. The third kappa shape index (κ3) is 5.96. The maximum Gasteiger partial charge on any atom is 0.306 e. The highest BCUT2D eigenvalue weighted by Crippen LogP contribution is 2.57. The lowest BCUT2D eigenvalue weighted by molar-refractivity contribution is 0.501. The second-order valence-electron chi connectivity index (χ2n) is 13.5. The van der Waals surface area contributed by atoms with Crippen LogP contribution in [-0.2, 0) is 14.5 Å². The molecule has 6 heteroatoms. The highest BCUT2D eigenvalue weighted by molar-refractivity contribution is 7.75. The predicted octanol–water partition coefficient (Wildman–Crippen LogP) is 10.7. The summed E-state index contributed by atoms with van der Waals surface area (Å²) in [5, 5.41) is 2.53. The van der Waals surface area contributed by atoms with Crippen LogP contribution in [0.2, 0.25) is 0 Å². The van der Waals surface area contributed by atoms with Crippen LogP contribution in [0, 0.1) is 0 Å². The zero-order valence-corrected chi connectivity index (χ0v) is 31.6. The van der Waals surface area contributed by atoms with E-state index in [1.807, 2.05) is 146 Å². The van der Waals surface area contributed by atoms with Crippen LogP contribution in [-0.4, -0.2) is 0 Å². The van der Waals surface area contributed by atoms with Gasteiger partial charge >= 0.3 is 14.7 Å². The Bertz CT molecular complexity index is 2400. The summed E-state index contributed by atoms with van der Waals surface area (Å²) < 4.78 is 42.6. The molecule has 8 aromatic carbocycles. The van der Waals surface area contributed by atoms with Crippen molar-refractivity contribution in [2.75, 3.05) is 0 Å². The average Bonchev–Trinajstić information content (AvgIpc) is 3.56. The van der Waals surface area contributed by atoms with Crippen molar-refractivity contribution in [2.24, 2.45) is 0 Å². The van der Waals surface area contributed by atoms with Gasteiger partial charge in [0.05, 0.1) is 26.6 Å². The van der Waals surface area contributed by atoms with E-state index in [1.165, 1.54) is 0 Å². The SMILES string of the molecule is O=P(Oc1ccc(C2(c3ccc(OP(=O)(c4ccccc4)c4ccccc4)cc3)c3ccccc3-c3ccccc32)cc1)(c1ccccc1)c1ccccc1. The number of hydrogen-bond donors (Lipinski definition) is 0. The Morgan fingerprint density at radius 1 is 0.309 bits per heavy atom. The monoisotopic (exact) mass is 750 g/mol. The molecule has 0 fully saturated rings. The van der Waals surface area contributed by atoms with E-state index < -0.39 is 20.2 Å². The molecule has 266 valence electrons. The van der Waals surface area contributed by atoms with Crippen molar-refractivity contribution < 1.29 is 18.2 Å². The van der Waals surface area contributed by atoms with Gasteiger partial charge in [-0.1, -0.05) is 146 Å². The largest absolute Gasteiger partial charge is 0.437 e. The van der Waals surface area contributed by atoms with Crippen molar-refractivity contribution in [3.05, 3.63) is 241 Å². The fourth-order valence-electron chi connectivity index (χ4n) is 7.86. The topological polar surface area (TPSA) is 52.6 Å². The molecule has 0 aliphatic heterocycles. The summed E-state index contributed by atoms with van der Waals surface area (Å²) in [5.74, 6) is 1.02. The maximum absolute atomic E-state index is 14.8. The summed E-state index contributed by atoms with van der Waals surface area (Å²) in [5.41, 5.74) is 5.98. The molecule has 1 aliphatic rings. The third-order valence-corrected chi connectivity index (χ3v) is 15.2. The number of fused-ring (bicyclic) bond motifs is 3. The highest BCUT2D eigenvalue weighted by atomic mass is 31.2. The summed E-state index contributed by atoms with van der Waals surface area (Å²) in [6.07, 6.45) is 0. The summed E-state index contributed by atoms with van der Waals surface area (Å²) in [6, 6.07) is 70.7. The molecule has 55 heavy (non-hydrogen) atoms. The van der Waals surface area contributed by atoms with Gasteiger partial charge in [-0.3, -0.25) is 9.13 Å². The summed E-state index contributed by atoms with van der Waals surface area (Å²) in [7, 11) is -6.94. The van der Waals surface area contributed by atoms with Crippen LogP contribution in [0.4, 0.5) is 0 Å². The smallest absolute Gasteiger partial charge is 0.306 e. The molecule has 0 bridgehead atoms. The average molecular weight is 751 g/mol. The fourth-order valence-corrected chi connectivity index (χ4v) is 12.0. The van der Waals surface area contributed by atoms with Crippen molar-refractivity contribution in [2.45, 2.75) is 5.41 Å². The summed E-state index contributed by atoms with van der Waals surface area (Å²) in [6.45, 7) is 0. The second-order valence-corrected chi connectivity index (χ2v) is 18.2. The van der Waals surface area contributed by atoms with Crippen LogP contribution in [0.15, 0.2) is 218 Å². The molecule has 9 rings (SSSR count). The first kappa shape index (κ1) is 34.6. The Kier molecular flexibility index (Phi) is 8.95. The second kappa shape index (κ2) is 14.2. The molecule has 4 nitrogen and oxygen atoms in total. The van der Waals surface area contributed by atoms with Crippen molar-refractivity contribution in [3.8, 4) is 22.6 Å². The predicted molar refractivity (Wildman–Crippen MR) is 225 cm³/mol. The first-order valence-electron chi connectivity index (χ1n) is 18.2. The van der Waals surface area contributed by atoms with Gasteiger partial charge in [0.15, 0.2) is 0 Å². The summed E-state index contributed by atoms with van der Waals surface area (Å²) in [4.78, 5) is 0. The molecule has 0 atom stereocenters. The molecule has 0 amide bonds. The van der Waals surface area contributed by atoms with E-state index in [0.717, 1.165) is 33.4 Å². The van der Waals surface area contributed by atoms with Gasteiger partial charge < -0.3 is 9.05 Å². The molecule has 1 aliphatic carbocycles. The van der Waals surface area contributed by atoms with E-state index in [0.29, 0.717) is 32.7 Å². The molecule has 0 unspecified atom stereocenters. The van der Waals surface area contributed by atoms with Gasteiger partial charge in [-0.15, -0.1) is 0 Å². The van der Waals surface area contributed by atoms with Crippen LogP contribution in [0.5, 0.6) is 11.5 Å². The maximum atomic E-state index is 14.8. The first-order valence-corrected chi connectivity index (χ1v) is 21.5. The zero-order valence-electron chi connectivity index (χ0n) is 29.8. The molecule has 0 heterocycles. The van der Waals surface area contributed by atoms with E-state index in [4.69, 9.17) is 9.05 Å². The van der Waals surface area contributed by atoms with Gasteiger partial charge in [0.25, 0.3) is 0 Å². The lowest BCUT2D eigenvalue weighted by atomic mass is 9.68. The molecule has 0 spiro atoms. The third-order valence-electron chi connectivity index (χ3n) is 10.4.